The number of aromatic hydroxyl groups is 1. The van der Waals surface area contributed by atoms with Crippen molar-refractivity contribution in [1.82, 2.24) is 0 Å². The predicted octanol–water partition coefficient (Wildman–Crippen LogP) is 6.01. The number of hydrogen-bond acceptors (Lipinski definition) is 3. The number of para-hydroxylation sites is 1. The lowest BCUT2D eigenvalue weighted by molar-refractivity contribution is 0.101. The first-order valence-corrected chi connectivity index (χ1v) is 10.0. The molecular formula is C25H19ClN2O3. The van der Waals surface area contributed by atoms with E-state index in [0.717, 1.165) is 10.8 Å². The van der Waals surface area contributed by atoms with E-state index in [9.17, 15) is 14.7 Å². The average molecular weight is 431 g/mol. The van der Waals surface area contributed by atoms with E-state index in [-0.39, 0.29) is 17.2 Å². The zero-order valence-electron chi connectivity index (χ0n) is 16.6. The van der Waals surface area contributed by atoms with Crippen molar-refractivity contribution in [2.45, 2.75) is 6.92 Å². The van der Waals surface area contributed by atoms with Gasteiger partial charge in [0.1, 0.15) is 5.75 Å². The van der Waals surface area contributed by atoms with E-state index in [1.54, 1.807) is 43.3 Å². The van der Waals surface area contributed by atoms with Crippen LogP contribution in [0.2, 0.25) is 5.02 Å². The monoisotopic (exact) mass is 430 g/mol. The minimum Gasteiger partial charge on any atom is -0.507 e. The van der Waals surface area contributed by atoms with Crippen LogP contribution < -0.4 is 10.6 Å². The van der Waals surface area contributed by atoms with E-state index in [0.29, 0.717) is 27.5 Å². The first-order chi connectivity index (χ1) is 14.9. The highest BCUT2D eigenvalue weighted by Gasteiger charge is 2.19. The maximum atomic E-state index is 12.9. The quantitative estimate of drug-likeness (QED) is 0.371. The van der Waals surface area contributed by atoms with Crippen LogP contribution in [0, 0.1) is 6.92 Å². The van der Waals surface area contributed by atoms with Gasteiger partial charge in [-0.3, -0.25) is 9.59 Å². The van der Waals surface area contributed by atoms with Gasteiger partial charge in [-0.2, -0.15) is 0 Å². The number of phenols is 1. The molecule has 4 aromatic rings. The minimum atomic E-state index is -0.520. The normalized spacial score (nSPS) is 10.6. The number of amides is 2. The first kappa shape index (κ1) is 20.4. The molecule has 31 heavy (non-hydrogen) atoms. The molecule has 0 aliphatic rings. The van der Waals surface area contributed by atoms with E-state index >= 15 is 0 Å². The third-order valence-electron chi connectivity index (χ3n) is 5.04. The molecule has 6 heteroatoms. The van der Waals surface area contributed by atoms with Crippen LogP contribution in [0.1, 0.15) is 26.3 Å². The Morgan fingerprint density at radius 3 is 2.10 bits per heavy atom. The van der Waals surface area contributed by atoms with Gasteiger partial charge in [0.25, 0.3) is 11.8 Å². The number of phenolic OH excluding ortho intramolecular Hbond substituents is 1. The third kappa shape index (κ3) is 4.22. The molecule has 0 saturated heterocycles. The fourth-order valence-corrected chi connectivity index (χ4v) is 3.64. The van der Waals surface area contributed by atoms with Crippen molar-refractivity contribution >= 4 is 45.6 Å². The summed E-state index contributed by atoms with van der Waals surface area (Å²) in [5.74, 6) is -0.971. The van der Waals surface area contributed by atoms with Crippen molar-refractivity contribution in [3.63, 3.8) is 0 Å². The second-order valence-corrected chi connectivity index (χ2v) is 7.49. The molecule has 2 amide bonds. The number of anilines is 2. The van der Waals surface area contributed by atoms with Crippen molar-refractivity contribution in [3.8, 4) is 5.75 Å². The van der Waals surface area contributed by atoms with Gasteiger partial charge in [0.2, 0.25) is 0 Å². The van der Waals surface area contributed by atoms with Gasteiger partial charge in [-0.05, 0) is 59.7 Å². The zero-order valence-corrected chi connectivity index (χ0v) is 17.4. The number of fused-ring (bicyclic) bond motifs is 1. The Bertz CT molecular complexity index is 1300. The largest absolute Gasteiger partial charge is 0.507 e. The molecule has 0 saturated carbocycles. The lowest BCUT2D eigenvalue weighted by Crippen LogP contribution is -2.17. The molecule has 0 atom stereocenters. The summed E-state index contributed by atoms with van der Waals surface area (Å²) in [5.41, 5.74) is 2.00. The van der Waals surface area contributed by atoms with Gasteiger partial charge in [-0.25, -0.2) is 0 Å². The Kier molecular flexibility index (Phi) is 5.60. The summed E-state index contributed by atoms with van der Waals surface area (Å²) in [6, 6.07) is 22.8. The number of halogens is 1. The summed E-state index contributed by atoms with van der Waals surface area (Å²) in [7, 11) is 0. The molecule has 0 unspecified atom stereocenters. The molecule has 0 aliphatic carbocycles. The summed E-state index contributed by atoms with van der Waals surface area (Å²) in [5, 5.41) is 17.9. The summed E-state index contributed by atoms with van der Waals surface area (Å²) in [6.07, 6.45) is 0. The van der Waals surface area contributed by atoms with Gasteiger partial charge in [0.15, 0.2) is 0 Å². The summed E-state index contributed by atoms with van der Waals surface area (Å²) < 4.78 is 0. The zero-order chi connectivity index (χ0) is 22.0. The second-order valence-electron chi connectivity index (χ2n) is 7.09. The molecule has 0 heterocycles. The minimum absolute atomic E-state index is 0.119. The van der Waals surface area contributed by atoms with Crippen LogP contribution in [-0.4, -0.2) is 16.9 Å². The van der Waals surface area contributed by atoms with Crippen molar-refractivity contribution in [2.75, 3.05) is 10.6 Å². The lowest BCUT2D eigenvalue weighted by Gasteiger charge is -2.15. The molecule has 0 bridgehead atoms. The summed E-state index contributed by atoms with van der Waals surface area (Å²) in [4.78, 5) is 25.7. The highest BCUT2D eigenvalue weighted by Crippen LogP contribution is 2.31. The smallest absolute Gasteiger partial charge is 0.259 e. The van der Waals surface area contributed by atoms with Gasteiger partial charge in [-0.1, -0.05) is 54.1 Å². The molecular weight excluding hydrogens is 412 g/mol. The summed E-state index contributed by atoms with van der Waals surface area (Å²) in [6.45, 7) is 1.71. The van der Waals surface area contributed by atoms with E-state index in [1.807, 2.05) is 42.5 Å². The Morgan fingerprint density at radius 1 is 0.774 bits per heavy atom. The average Bonchev–Trinajstić information content (AvgIpc) is 2.76. The maximum Gasteiger partial charge on any atom is 0.259 e. The standard InChI is InChI=1S/C25H19ClN2O3/c1-15-19(24(30)27-18-9-3-2-4-10-18)11-12-21(26)23(15)28-25(31)20-13-16-7-5-6-8-17(16)14-22(20)29/h2-14,29H,1H3,(H,27,30)(H,28,31). The number of carbonyl (C=O) groups is 2. The summed E-state index contributed by atoms with van der Waals surface area (Å²) >= 11 is 6.32. The predicted molar refractivity (Wildman–Crippen MR) is 124 cm³/mol. The molecule has 3 N–H and O–H groups in total. The Morgan fingerprint density at radius 2 is 1.39 bits per heavy atom. The van der Waals surface area contributed by atoms with E-state index in [2.05, 4.69) is 10.6 Å². The molecule has 5 nitrogen and oxygen atoms in total. The van der Waals surface area contributed by atoms with Crippen LogP contribution in [0.3, 0.4) is 0 Å². The molecule has 0 aromatic heterocycles. The fraction of sp³-hybridized carbons (Fsp3) is 0.0400. The lowest BCUT2D eigenvalue weighted by atomic mass is 10.0. The molecule has 0 spiro atoms. The van der Waals surface area contributed by atoms with Crippen LogP contribution in [0.25, 0.3) is 10.8 Å². The number of hydrogen-bond donors (Lipinski definition) is 3. The second kappa shape index (κ2) is 8.50. The SMILES string of the molecule is Cc1c(C(=O)Nc2ccccc2)ccc(Cl)c1NC(=O)c1cc2ccccc2cc1O. The Hall–Kier alpha value is -3.83. The molecule has 0 aliphatic heterocycles. The fourth-order valence-electron chi connectivity index (χ4n) is 3.39. The van der Waals surface area contributed by atoms with Gasteiger partial charge in [0, 0.05) is 11.3 Å². The third-order valence-corrected chi connectivity index (χ3v) is 5.35. The van der Waals surface area contributed by atoms with Crippen LogP contribution >= 0.6 is 11.6 Å². The van der Waals surface area contributed by atoms with E-state index in [4.69, 9.17) is 11.6 Å². The Labute approximate surface area is 184 Å². The number of rotatable bonds is 4. The first-order valence-electron chi connectivity index (χ1n) is 9.62. The van der Waals surface area contributed by atoms with E-state index in [1.165, 1.54) is 0 Å². The molecule has 0 fully saturated rings. The van der Waals surface area contributed by atoms with Gasteiger partial charge < -0.3 is 15.7 Å². The maximum absolute atomic E-state index is 12.9. The highest BCUT2D eigenvalue weighted by molar-refractivity contribution is 6.34. The number of benzene rings is 4. The Balaban J connectivity index is 1.64. The molecule has 154 valence electrons. The molecule has 0 radical (unpaired) electrons. The van der Waals surface area contributed by atoms with Crippen LogP contribution in [0.5, 0.6) is 5.75 Å². The van der Waals surface area contributed by atoms with Crippen molar-refractivity contribution in [1.29, 1.82) is 0 Å². The highest BCUT2D eigenvalue weighted by atomic mass is 35.5. The van der Waals surface area contributed by atoms with Crippen LogP contribution in [-0.2, 0) is 0 Å². The molecule has 4 aromatic carbocycles. The van der Waals surface area contributed by atoms with Crippen molar-refractivity contribution < 1.29 is 14.7 Å². The number of nitrogens with one attached hydrogen (secondary N) is 2. The van der Waals surface area contributed by atoms with Gasteiger partial charge >= 0.3 is 0 Å². The van der Waals surface area contributed by atoms with Crippen LogP contribution in [0.15, 0.2) is 78.9 Å². The van der Waals surface area contributed by atoms with Crippen molar-refractivity contribution in [2.24, 2.45) is 0 Å². The van der Waals surface area contributed by atoms with Crippen LogP contribution in [0.4, 0.5) is 11.4 Å². The number of carbonyl (C=O) groups excluding carboxylic acids is 2. The topological polar surface area (TPSA) is 78.4 Å². The van der Waals surface area contributed by atoms with Gasteiger partial charge in [0.05, 0.1) is 16.3 Å². The molecule has 4 rings (SSSR count). The van der Waals surface area contributed by atoms with Gasteiger partial charge in [-0.15, -0.1) is 0 Å². The van der Waals surface area contributed by atoms with E-state index < -0.39 is 5.91 Å². The van der Waals surface area contributed by atoms with Crippen molar-refractivity contribution in [3.05, 3.63) is 101 Å².